The highest BCUT2D eigenvalue weighted by Crippen LogP contribution is 2.54. The van der Waals surface area contributed by atoms with E-state index in [-0.39, 0.29) is 23.1 Å². The van der Waals surface area contributed by atoms with Gasteiger partial charge in [-0.15, -0.1) is 0 Å². The Morgan fingerprint density at radius 1 is 1.14 bits per heavy atom. The summed E-state index contributed by atoms with van der Waals surface area (Å²) in [6.45, 7) is 5.47. The maximum atomic E-state index is 15.4. The third kappa shape index (κ3) is 5.61. The first kappa shape index (κ1) is 25.4. The Kier molecular flexibility index (Phi) is 7.95. The second-order valence-electron chi connectivity index (χ2n) is 8.69. The normalized spacial score (nSPS) is 21.9. The molecule has 35 heavy (non-hydrogen) atoms. The van der Waals surface area contributed by atoms with Crippen LogP contribution >= 0.6 is 27.5 Å². The van der Waals surface area contributed by atoms with Crippen molar-refractivity contribution in [1.29, 1.82) is 0 Å². The minimum Gasteiger partial charge on any atom is -0.480 e. The van der Waals surface area contributed by atoms with Crippen molar-refractivity contribution >= 4 is 33.5 Å². The zero-order valence-corrected chi connectivity index (χ0v) is 21.4. The Morgan fingerprint density at radius 3 is 2.51 bits per heavy atom. The minimum atomic E-state index is -1.16. The monoisotopic (exact) mass is 558 g/mol. The van der Waals surface area contributed by atoms with Crippen LogP contribution in [0.3, 0.4) is 0 Å². The number of halogens is 3. The van der Waals surface area contributed by atoms with Gasteiger partial charge in [0.2, 0.25) is 0 Å². The Morgan fingerprint density at radius 2 is 1.86 bits per heavy atom. The fourth-order valence-electron chi connectivity index (χ4n) is 4.69. The summed E-state index contributed by atoms with van der Waals surface area (Å²) >= 11 is 9.72. The van der Waals surface area contributed by atoms with Gasteiger partial charge in [0.1, 0.15) is 11.6 Å². The lowest BCUT2D eigenvalue weighted by molar-refractivity contribution is -0.139. The van der Waals surface area contributed by atoms with Gasteiger partial charge in [-0.25, -0.2) is 9.18 Å². The predicted molar refractivity (Wildman–Crippen MR) is 137 cm³/mol. The van der Waals surface area contributed by atoms with Crippen molar-refractivity contribution in [2.45, 2.75) is 31.5 Å². The highest BCUT2D eigenvalue weighted by Gasteiger charge is 2.43. The molecule has 4 rings (SSSR count). The first-order valence-corrected chi connectivity index (χ1v) is 12.4. The third-order valence-electron chi connectivity index (χ3n) is 6.29. The summed E-state index contributed by atoms with van der Waals surface area (Å²) in [6.07, 6.45) is -0.514. The van der Waals surface area contributed by atoms with Crippen molar-refractivity contribution in [1.82, 2.24) is 0 Å². The number of ether oxygens (including phenoxy) is 2. The zero-order valence-electron chi connectivity index (χ0n) is 19.1. The van der Waals surface area contributed by atoms with Crippen molar-refractivity contribution in [3.8, 4) is 5.75 Å². The van der Waals surface area contributed by atoms with Crippen LogP contribution in [0, 0.1) is 11.7 Å². The van der Waals surface area contributed by atoms with Gasteiger partial charge in [-0.1, -0.05) is 66.2 Å². The molecule has 0 aliphatic carbocycles. The number of hydrogen-bond acceptors (Lipinski definition) is 3. The van der Waals surface area contributed by atoms with Gasteiger partial charge >= 0.3 is 5.97 Å². The van der Waals surface area contributed by atoms with Crippen LogP contribution in [0.5, 0.6) is 5.75 Å². The number of benzene rings is 3. The summed E-state index contributed by atoms with van der Waals surface area (Å²) in [5.74, 6) is -1.88. The Bertz CT molecular complexity index is 1230. The molecule has 4 atom stereocenters. The molecule has 1 N–H and O–H groups in total. The molecular formula is C28H25BrClFO4. The fraction of sp³-hybridized carbons (Fsp3) is 0.250. The number of rotatable bonds is 7. The van der Waals surface area contributed by atoms with Crippen molar-refractivity contribution < 1.29 is 23.8 Å². The molecule has 1 aliphatic rings. The molecule has 182 valence electrons. The highest BCUT2D eigenvalue weighted by molar-refractivity contribution is 9.10. The number of carbonyl (C=O) groups is 1. The van der Waals surface area contributed by atoms with Gasteiger partial charge in [0.05, 0.1) is 22.2 Å². The second-order valence-corrected chi connectivity index (χ2v) is 9.98. The Balaban J connectivity index is 1.84. The summed E-state index contributed by atoms with van der Waals surface area (Å²) < 4.78 is 28.1. The summed E-state index contributed by atoms with van der Waals surface area (Å²) in [5.41, 5.74) is 2.98. The average molecular weight is 560 g/mol. The van der Waals surface area contributed by atoms with Crippen LogP contribution in [0.25, 0.3) is 0 Å². The minimum absolute atomic E-state index is 0.0624. The van der Waals surface area contributed by atoms with E-state index in [0.29, 0.717) is 15.9 Å². The van der Waals surface area contributed by atoms with Gasteiger partial charge in [0.25, 0.3) is 0 Å². The van der Waals surface area contributed by atoms with Crippen LogP contribution < -0.4 is 4.74 Å². The van der Waals surface area contributed by atoms with E-state index in [2.05, 4.69) is 22.5 Å². The van der Waals surface area contributed by atoms with E-state index in [1.807, 2.05) is 61.5 Å². The quantitative estimate of drug-likeness (QED) is 0.299. The molecule has 1 fully saturated rings. The molecule has 0 unspecified atom stereocenters. The molecule has 3 aromatic carbocycles. The smallest absolute Gasteiger partial charge is 0.341 e. The van der Waals surface area contributed by atoms with Crippen molar-refractivity contribution in [3.63, 3.8) is 0 Å². The SMILES string of the molecule is C=C(C)[C@H]1C[C@H](c2cccc(Cl)c2)[C@H](c2ccccc2)O[C@@H]1c1c(F)ccc(Br)c1OCC(=O)O. The van der Waals surface area contributed by atoms with E-state index < -0.39 is 30.6 Å². The predicted octanol–water partition coefficient (Wildman–Crippen LogP) is 7.88. The lowest BCUT2D eigenvalue weighted by Crippen LogP contribution is -2.32. The summed E-state index contributed by atoms with van der Waals surface area (Å²) in [5, 5.41) is 9.79. The lowest BCUT2D eigenvalue weighted by atomic mass is 9.74. The van der Waals surface area contributed by atoms with Crippen molar-refractivity contribution in [3.05, 3.63) is 111 Å². The molecule has 0 saturated carbocycles. The molecule has 0 spiro atoms. The topological polar surface area (TPSA) is 55.8 Å². The maximum Gasteiger partial charge on any atom is 0.341 e. The molecule has 1 saturated heterocycles. The number of aliphatic carboxylic acids is 1. The molecule has 3 aromatic rings. The van der Waals surface area contributed by atoms with Crippen LogP contribution in [-0.2, 0) is 9.53 Å². The van der Waals surface area contributed by atoms with E-state index in [4.69, 9.17) is 26.2 Å². The molecule has 7 heteroatoms. The van der Waals surface area contributed by atoms with Gasteiger partial charge in [-0.05, 0) is 64.7 Å². The third-order valence-corrected chi connectivity index (χ3v) is 7.15. The van der Waals surface area contributed by atoms with Gasteiger partial charge in [-0.2, -0.15) is 0 Å². The number of carboxylic acid groups (broad SMARTS) is 1. The first-order valence-electron chi connectivity index (χ1n) is 11.2. The van der Waals surface area contributed by atoms with E-state index in [0.717, 1.165) is 16.7 Å². The first-order chi connectivity index (χ1) is 16.8. The maximum absolute atomic E-state index is 15.4. The molecule has 4 nitrogen and oxygen atoms in total. The molecule has 0 radical (unpaired) electrons. The molecule has 1 aliphatic heterocycles. The van der Waals surface area contributed by atoms with E-state index in [1.54, 1.807) is 0 Å². The van der Waals surface area contributed by atoms with Crippen LogP contribution in [0.4, 0.5) is 4.39 Å². The molecule has 0 amide bonds. The number of hydrogen-bond donors (Lipinski definition) is 1. The van der Waals surface area contributed by atoms with E-state index in [1.165, 1.54) is 12.1 Å². The van der Waals surface area contributed by atoms with Gasteiger partial charge < -0.3 is 14.6 Å². The van der Waals surface area contributed by atoms with E-state index >= 15 is 4.39 Å². The van der Waals surface area contributed by atoms with Crippen LogP contribution in [0.1, 0.15) is 48.2 Å². The van der Waals surface area contributed by atoms with Crippen LogP contribution in [-0.4, -0.2) is 17.7 Å². The van der Waals surface area contributed by atoms with Gasteiger partial charge in [0, 0.05) is 16.9 Å². The molecule has 0 aromatic heterocycles. The molecule has 0 bridgehead atoms. The standard InChI is InChI=1S/C28H25BrClFO4/c1-16(2)20-14-21(18-9-6-10-19(30)13-18)26(17-7-4-3-5-8-17)35-27(20)25-23(31)12-11-22(29)28(25)34-15-24(32)33/h3-13,20-21,26-27H,1,14-15H2,2H3,(H,32,33)/t20-,21-,26+,27+/m1/s1. The largest absolute Gasteiger partial charge is 0.480 e. The van der Waals surface area contributed by atoms with E-state index in [9.17, 15) is 4.79 Å². The van der Waals surface area contributed by atoms with Crippen molar-refractivity contribution in [2.75, 3.05) is 6.61 Å². The lowest BCUT2D eigenvalue weighted by Gasteiger charge is -2.43. The fourth-order valence-corrected chi connectivity index (χ4v) is 5.35. The Hall–Kier alpha value is -2.67. The van der Waals surface area contributed by atoms with Crippen LogP contribution in [0.15, 0.2) is 83.4 Å². The second kappa shape index (κ2) is 10.9. The number of carboxylic acids is 1. The molecular weight excluding hydrogens is 535 g/mol. The summed E-state index contributed by atoms with van der Waals surface area (Å²) in [6, 6.07) is 20.3. The summed E-state index contributed by atoms with van der Waals surface area (Å²) in [4.78, 5) is 11.2. The van der Waals surface area contributed by atoms with Gasteiger partial charge in [-0.3, -0.25) is 0 Å². The summed E-state index contributed by atoms with van der Waals surface area (Å²) in [7, 11) is 0. The highest BCUT2D eigenvalue weighted by atomic mass is 79.9. The van der Waals surface area contributed by atoms with Crippen molar-refractivity contribution in [2.24, 2.45) is 5.92 Å². The average Bonchev–Trinajstić information content (AvgIpc) is 2.84. The molecule has 1 heterocycles. The van der Waals surface area contributed by atoms with Gasteiger partial charge in [0.15, 0.2) is 6.61 Å². The Labute approximate surface area is 217 Å². The zero-order chi connectivity index (χ0) is 25.1. The van der Waals surface area contributed by atoms with Crippen LogP contribution in [0.2, 0.25) is 5.02 Å².